The third kappa shape index (κ3) is 4.11. The normalized spacial score (nSPS) is 11.7. The van der Waals surface area contributed by atoms with E-state index in [1.165, 1.54) is 36.4 Å². The molecule has 1 N–H and O–H groups in total. The molecule has 2 aromatic carbocycles. The van der Waals surface area contributed by atoms with Crippen LogP contribution in [-0.2, 0) is 6.18 Å². The van der Waals surface area contributed by atoms with Gasteiger partial charge < -0.3 is 5.11 Å². The van der Waals surface area contributed by atoms with Gasteiger partial charge in [0.1, 0.15) is 17.1 Å². The van der Waals surface area contributed by atoms with Crippen LogP contribution in [0.5, 0.6) is 5.75 Å². The van der Waals surface area contributed by atoms with Crippen LogP contribution >= 0.6 is 46.4 Å². The minimum atomic E-state index is -4.73. The van der Waals surface area contributed by atoms with Crippen LogP contribution < -0.4 is 0 Å². The van der Waals surface area contributed by atoms with Crippen molar-refractivity contribution < 1.29 is 18.3 Å². The van der Waals surface area contributed by atoms with Crippen molar-refractivity contribution in [2.75, 3.05) is 0 Å². The molecule has 1 heterocycles. The van der Waals surface area contributed by atoms with Crippen LogP contribution in [0, 0.1) is 0 Å². The summed E-state index contributed by atoms with van der Waals surface area (Å²) in [6.07, 6.45) is -4.73. The van der Waals surface area contributed by atoms with Crippen molar-refractivity contribution in [3.05, 3.63) is 68.2 Å². The fourth-order valence-electron chi connectivity index (χ4n) is 2.41. The van der Waals surface area contributed by atoms with Crippen molar-refractivity contribution in [1.29, 1.82) is 0 Å². The number of pyridine rings is 1. The lowest BCUT2D eigenvalue weighted by atomic mass is 10.0. The lowest BCUT2D eigenvalue weighted by Gasteiger charge is -2.15. The minimum Gasteiger partial charge on any atom is -0.505 e. The predicted octanol–water partition coefficient (Wildman–Crippen LogP) is 7.75. The van der Waals surface area contributed by atoms with E-state index in [1.807, 2.05) is 0 Å². The highest BCUT2D eigenvalue weighted by Crippen LogP contribution is 2.43. The highest BCUT2D eigenvalue weighted by molar-refractivity contribution is 6.42. The lowest BCUT2D eigenvalue weighted by Crippen LogP contribution is -2.09. The first-order valence-corrected chi connectivity index (χ1v) is 8.81. The summed E-state index contributed by atoms with van der Waals surface area (Å²) < 4.78 is 40.1. The van der Waals surface area contributed by atoms with E-state index in [0.29, 0.717) is 0 Å². The zero-order valence-electron chi connectivity index (χ0n) is 13.1. The van der Waals surface area contributed by atoms with E-state index in [0.717, 1.165) is 6.07 Å². The van der Waals surface area contributed by atoms with E-state index in [2.05, 4.69) is 4.98 Å². The van der Waals surface area contributed by atoms with E-state index in [1.54, 1.807) is 0 Å². The maximum Gasteiger partial charge on any atom is 0.433 e. The van der Waals surface area contributed by atoms with Gasteiger partial charge in [-0.1, -0.05) is 58.5 Å². The molecule has 3 rings (SSSR count). The standard InChI is InChI=1S/C18H8Cl4F3NO/c19-11-3-1-8(5-13(11)21)10-7-15(18(23,24)25)26-16(17(10)27)9-2-4-12(20)14(22)6-9/h1-7,27H. The van der Waals surface area contributed by atoms with Crippen LogP contribution in [0.25, 0.3) is 22.4 Å². The van der Waals surface area contributed by atoms with Gasteiger partial charge in [0.05, 0.1) is 20.1 Å². The monoisotopic (exact) mass is 451 g/mol. The molecule has 9 heteroatoms. The Morgan fingerprint density at radius 3 is 1.78 bits per heavy atom. The van der Waals surface area contributed by atoms with Gasteiger partial charge in [-0.15, -0.1) is 0 Å². The van der Waals surface area contributed by atoms with Crippen molar-refractivity contribution in [3.63, 3.8) is 0 Å². The molecular weight excluding hydrogens is 445 g/mol. The molecular formula is C18H8Cl4F3NO. The van der Waals surface area contributed by atoms with E-state index >= 15 is 0 Å². The molecule has 0 bridgehead atoms. The zero-order chi connectivity index (χ0) is 19.9. The van der Waals surface area contributed by atoms with Crippen molar-refractivity contribution in [2.24, 2.45) is 0 Å². The predicted molar refractivity (Wildman–Crippen MR) is 102 cm³/mol. The molecule has 0 aliphatic rings. The molecule has 0 spiro atoms. The van der Waals surface area contributed by atoms with Gasteiger partial charge in [0, 0.05) is 11.1 Å². The average molecular weight is 453 g/mol. The number of alkyl halides is 3. The van der Waals surface area contributed by atoms with Crippen LogP contribution in [0.1, 0.15) is 5.69 Å². The average Bonchev–Trinajstić information content (AvgIpc) is 2.59. The highest BCUT2D eigenvalue weighted by Gasteiger charge is 2.34. The number of aromatic hydroxyl groups is 1. The summed E-state index contributed by atoms with van der Waals surface area (Å²) in [6, 6.07) is 9.11. The smallest absolute Gasteiger partial charge is 0.433 e. The summed E-state index contributed by atoms with van der Waals surface area (Å²) in [5, 5.41) is 11.3. The van der Waals surface area contributed by atoms with Crippen LogP contribution in [0.2, 0.25) is 20.1 Å². The Morgan fingerprint density at radius 1 is 0.741 bits per heavy atom. The van der Waals surface area contributed by atoms with Gasteiger partial charge in [-0.3, -0.25) is 0 Å². The second kappa shape index (κ2) is 7.40. The summed E-state index contributed by atoms with van der Waals surface area (Å²) in [7, 11) is 0. The molecule has 0 saturated carbocycles. The molecule has 0 fully saturated rings. The molecule has 0 unspecified atom stereocenters. The third-order valence-electron chi connectivity index (χ3n) is 3.71. The number of halogens is 7. The number of hydrogen-bond acceptors (Lipinski definition) is 2. The topological polar surface area (TPSA) is 33.1 Å². The molecule has 0 amide bonds. The summed E-state index contributed by atoms with van der Waals surface area (Å²) >= 11 is 23.6. The maximum absolute atomic E-state index is 13.4. The van der Waals surface area contributed by atoms with E-state index in [-0.39, 0.29) is 42.5 Å². The highest BCUT2D eigenvalue weighted by atomic mass is 35.5. The fourth-order valence-corrected chi connectivity index (χ4v) is 3.01. The molecule has 0 atom stereocenters. The summed E-state index contributed by atoms with van der Waals surface area (Å²) in [5.74, 6) is -0.459. The second-order valence-corrected chi connectivity index (χ2v) is 7.14. The first kappa shape index (κ1) is 20.1. The van der Waals surface area contributed by atoms with Gasteiger partial charge in [-0.05, 0) is 35.9 Å². The Labute approximate surface area is 172 Å². The van der Waals surface area contributed by atoms with Crippen molar-refractivity contribution in [1.82, 2.24) is 4.98 Å². The largest absolute Gasteiger partial charge is 0.505 e. The second-order valence-electron chi connectivity index (χ2n) is 5.51. The number of aromatic nitrogens is 1. The van der Waals surface area contributed by atoms with Gasteiger partial charge in [0.15, 0.2) is 0 Å². The summed E-state index contributed by atoms with van der Waals surface area (Å²) in [6.45, 7) is 0. The van der Waals surface area contributed by atoms with Crippen LogP contribution in [-0.4, -0.2) is 10.1 Å². The molecule has 0 aliphatic carbocycles. The van der Waals surface area contributed by atoms with Gasteiger partial charge in [0.2, 0.25) is 0 Å². The number of rotatable bonds is 2. The number of nitrogens with zero attached hydrogens (tertiary/aromatic N) is 1. The fraction of sp³-hybridized carbons (Fsp3) is 0.0556. The summed E-state index contributed by atoms with van der Waals surface area (Å²) in [4.78, 5) is 3.57. The van der Waals surface area contributed by atoms with Gasteiger partial charge >= 0.3 is 6.18 Å². The molecule has 27 heavy (non-hydrogen) atoms. The Hall–Kier alpha value is -1.66. The molecule has 1 aromatic heterocycles. The Morgan fingerprint density at radius 2 is 1.26 bits per heavy atom. The maximum atomic E-state index is 13.4. The zero-order valence-corrected chi connectivity index (χ0v) is 16.1. The SMILES string of the molecule is Oc1c(-c2ccc(Cl)c(Cl)c2)cc(C(F)(F)F)nc1-c1ccc(Cl)c(Cl)c1. The quantitative estimate of drug-likeness (QED) is 0.431. The Balaban J connectivity index is 2.30. The van der Waals surface area contributed by atoms with Crippen LogP contribution in [0.15, 0.2) is 42.5 Å². The third-order valence-corrected chi connectivity index (χ3v) is 5.18. The van der Waals surface area contributed by atoms with Crippen LogP contribution in [0.4, 0.5) is 13.2 Å². The van der Waals surface area contributed by atoms with E-state index in [4.69, 9.17) is 46.4 Å². The minimum absolute atomic E-state index is 0.100. The molecule has 2 nitrogen and oxygen atoms in total. The number of benzene rings is 2. The number of hydrogen-bond donors (Lipinski definition) is 1. The molecule has 0 saturated heterocycles. The molecule has 140 valence electrons. The Bertz CT molecular complexity index is 965. The lowest BCUT2D eigenvalue weighted by molar-refractivity contribution is -0.141. The molecule has 3 aromatic rings. The molecule has 0 radical (unpaired) electrons. The van der Waals surface area contributed by atoms with Crippen molar-refractivity contribution >= 4 is 46.4 Å². The van der Waals surface area contributed by atoms with Crippen molar-refractivity contribution in [2.45, 2.75) is 6.18 Å². The summed E-state index contributed by atoms with van der Waals surface area (Å²) in [5.41, 5.74) is -1.14. The molecule has 0 aliphatic heterocycles. The van der Waals surface area contributed by atoms with Crippen LogP contribution in [0.3, 0.4) is 0 Å². The van der Waals surface area contributed by atoms with Gasteiger partial charge in [-0.2, -0.15) is 13.2 Å². The van der Waals surface area contributed by atoms with E-state index < -0.39 is 17.6 Å². The van der Waals surface area contributed by atoms with Crippen molar-refractivity contribution in [3.8, 4) is 28.1 Å². The van der Waals surface area contributed by atoms with E-state index in [9.17, 15) is 18.3 Å². The van der Waals surface area contributed by atoms with Gasteiger partial charge in [0.25, 0.3) is 0 Å². The Kier molecular flexibility index (Phi) is 5.50. The first-order valence-electron chi connectivity index (χ1n) is 7.30. The van der Waals surface area contributed by atoms with Gasteiger partial charge in [-0.25, -0.2) is 4.98 Å². The first-order chi connectivity index (χ1) is 12.6.